The zero-order valence-corrected chi connectivity index (χ0v) is 9.87. The molecule has 0 heterocycles. The standard InChI is InChI=1S/C8H14BrNO6/c9-1-6(14)10-4(2-11)7(15)8(16)5(13)3-12/h2,4-5,7-8,12-13,15-16H,1,3H2,(H,10,14)/t4-,5-,7-,8-/m1/s1. The zero-order valence-electron chi connectivity index (χ0n) is 8.28. The molecule has 0 rings (SSSR count). The van der Waals surface area contributed by atoms with Crippen LogP contribution in [0.15, 0.2) is 0 Å². The predicted molar refractivity (Wildman–Crippen MR) is 56.9 cm³/mol. The molecule has 0 aromatic carbocycles. The zero-order chi connectivity index (χ0) is 12.7. The maximum atomic E-state index is 10.9. The first-order valence-corrected chi connectivity index (χ1v) is 5.55. The van der Waals surface area contributed by atoms with Gasteiger partial charge < -0.3 is 30.5 Å². The summed E-state index contributed by atoms with van der Waals surface area (Å²) in [6.07, 6.45) is -4.77. The maximum Gasteiger partial charge on any atom is 0.231 e. The number of aliphatic hydroxyl groups is 4. The van der Waals surface area contributed by atoms with Crippen LogP contribution in [0.2, 0.25) is 0 Å². The summed E-state index contributed by atoms with van der Waals surface area (Å²) in [5.41, 5.74) is 0. The monoisotopic (exact) mass is 299 g/mol. The normalized spacial score (nSPS) is 18.3. The van der Waals surface area contributed by atoms with E-state index in [-0.39, 0.29) is 11.6 Å². The van der Waals surface area contributed by atoms with Gasteiger partial charge in [0.05, 0.1) is 11.9 Å². The smallest absolute Gasteiger partial charge is 0.231 e. The molecule has 7 nitrogen and oxygen atoms in total. The van der Waals surface area contributed by atoms with E-state index in [0.29, 0.717) is 0 Å². The van der Waals surface area contributed by atoms with Crippen LogP contribution in [0.4, 0.5) is 0 Å². The average Bonchev–Trinajstić information content (AvgIpc) is 2.32. The summed E-state index contributed by atoms with van der Waals surface area (Å²) >= 11 is 2.84. The summed E-state index contributed by atoms with van der Waals surface area (Å²) in [5, 5.41) is 38.4. The molecule has 0 saturated heterocycles. The van der Waals surface area contributed by atoms with Crippen LogP contribution in [0.1, 0.15) is 0 Å². The largest absolute Gasteiger partial charge is 0.394 e. The minimum Gasteiger partial charge on any atom is -0.394 e. The van der Waals surface area contributed by atoms with Crippen LogP contribution in [0, 0.1) is 0 Å². The number of hydrogen-bond acceptors (Lipinski definition) is 6. The van der Waals surface area contributed by atoms with Gasteiger partial charge in [-0.15, -0.1) is 0 Å². The van der Waals surface area contributed by atoms with E-state index < -0.39 is 36.9 Å². The lowest BCUT2D eigenvalue weighted by Gasteiger charge is -2.25. The second kappa shape index (κ2) is 7.69. The van der Waals surface area contributed by atoms with Crippen molar-refractivity contribution in [2.24, 2.45) is 0 Å². The van der Waals surface area contributed by atoms with Crippen molar-refractivity contribution in [3.05, 3.63) is 0 Å². The first kappa shape index (κ1) is 15.5. The van der Waals surface area contributed by atoms with Crippen molar-refractivity contribution in [1.29, 1.82) is 0 Å². The molecule has 0 aliphatic heterocycles. The van der Waals surface area contributed by atoms with E-state index >= 15 is 0 Å². The lowest BCUT2D eigenvalue weighted by Crippen LogP contribution is -2.53. The number of nitrogens with one attached hydrogen (secondary N) is 1. The van der Waals surface area contributed by atoms with Gasteiger partial charge in [0.1, 0.15) is 30.6 Å². The fourth-order valence-electron chi connectivity index (χ4n) is 0.972. The van der Waals surface area contributed by atoms with Crippen molar-refractivity contribution in [3.8, 4) is 0 Å². The summed E-state index contributed by atoms with van der Waals surface area (Å²) in [4.78, 5) is 21.5. The number of amides is 1. The van der Waals surface area contributed by atoms with E-state index in [2.05, 4.69) is 21.2 Å². The highest BCUT2D eigenvalue weighted by Crippen LogP contribution is 2.04. The molecule has 0 bridgehead atoms. The van der Waals surface area contributed by atoms with Crippen molar-refractivity contribution in [2.75, 3.05) is 11.9 Å². The molecule has 1 amide bonds. The summed E-state index contributed by atoms with van der Waals surface area (Å²) in [5.74, 6) is -0.554. The number of rotatable bonds is 7. The molecule has 0 spiro atoms. The van der Waals surface area contributed by atoms with Gasteiger partial charge in [-0.25, -0.2) is 0 Å². The Morgan fingerprint density at radius 1 is 1.31 bits per heavy atom. The molecule has 5 N–H and O–H groups in total. The Hall–Kier alpha value is -0.540. The maximum absolute atomic E-state index is 10.9. The summed E-state index contributed by atoms with van der Waals surface area (Å²) in [6, 6.07) is -1.35. The Morgan fingerprint density at radius 2 is 1.88 bits per heavy atom. The van der Waals surface area contributed by atoms with Crippen molar-refractivity contribution >= 4 is 28.1 Å². The molecular weight excluding hydrogens is 286 g/mol. The van der Waals surface area contributed by atoms with Crippen LogP contribution < -0.4 is 5.32 Å². The van der Waals surface area contributed by atoms with Crippen LogP contribution in [0.25, 0.3) is 0 Å². The first-order valence-electron chi connectivity index (χ1n) is 4.43. The molecule has 0 aliphatic carbocycles. The fourth-order valence-corrected chi connectivity index (χ4v) is 1.13. The lowest BCUT2D eigenvalue weighted by atomic mass is 10.0. The molecule has 0 aromatic heterocycles. The molecule has 4 atom stereocenters. The van der Waals surface area contributed by atoms with Gasteiger partial charge in [0, 0.05) is 0 Å². The van der Waals surface area contributed by atoms with E-state index in [1.807, 2.05) is 0 Å². The van der Waals surface area contributed by atoms with Gasteiger partial charge in [-0.1, -0.05) is 15.9 Å². The Morgan fingerprint density at radius 3 is 2.25 bits per heavy atom. The molecule has 0 radical (unpaired) electrons. The molecule has 16 heavy (non-hydrogen) atoms. The fraction of sp³-hybridized carbons (Fsp3) is 0.750. The second-order valence-electron chi connectivity index (χ2n) is 3.09. The highest BCUT2D eigenvalue weighted by molar-refractivity contribution is 9.09. The van der Waals surface area contributed by atoms with E-state index in [0.717, 1.165) is 0 Å². The molecule has 94 valence electrons. The third-order valence-corrected chi connectivity index (χ3v) is 2.40. The van der Waals surface area contributed by atoms with Gasteiger partial charge >= 0.3 is 0 Å². The van der Waals surface area contributed by atoms with E-state index in [1.54, 1.807) is 0 Å². The van der Waals surface area contributed by atoms with Crippen LogP contribution in [-0.2, 0) is 9.59 Å². The van der Waals surface area contributed by atoms with Gasteiger partial charge in [0.15, 0.2) is 0 Å². The Bertz CT molecular complexity index is 239. The van der Waals surface area contributed by atoms with Gasteiger partial charge in [-0.3, -0.25) is 4.79 Å². The van der Waals surface area contributed by atoms with Gasteiger partial charge in [-0.2, -0.15) is 0 Å². The number of carbonyl (C=O) groups is 2. The molecule has 0 aromatic rings. The summed E-state index contributed by atoms with van der Waals surface area (Å²) < 4.78 is 0. The van der Waals surface area contributed by atoms with Gasteiger partial charge in [0.25, 0.3) is 0 Å². The van der Waals surface area contributed by atoms with Crippen molar-refractivity contribution in [2.45, 2.75) is 24.4 Å². The quantitative estimate of drug-likeness (QED) is 0.254. The SMILES string of the molecule is O=C[C@@H](NC(=O)CBr)[C@@H](O)[C@H](O)[C@H](O)CO. The average molecular weight is 300 g/mol. The number of aliphatic hydroxyl groups excluding tert-OH is 4. The van der Waals surface area contributed by atoms with Crippen LogP contribution in [-0.4, -0.2) is 68.9 Å². The Labute approximate surface area is 100 Å². The van der Waals surface area contributed by atoms with E-state index in [4.69, 9.17) is 10.2 Å². The van der Waals surface area contributed by atoms with Crippen LogP contribution >= 0.6 is 15.9 Å². The summed E-state index contributed by atoms with van der Waals surface area (Å²) in [6.45, 7) is -0.768. The Kier molecular flexibility index (Phi) is 7.43. The Balaban J connectivity index is 4.45. The second-order valence-corrected chi connectivity index (χ2v) is 3.65. The van der Waals surface area contributed by atoms with Crippen molar-refractivity contribution < 1.29 is 30.0 Å². The number of carbonyl (C=O) groups excluding carboxylic acids is 2. The van der Waals surface area contributed by atoms with Gasteiger partial charge in [-0.05, 0) is 0 Å². The predicted octanol–water partition coefficient (Wildman–Crippen LogP) is -2.86. The molecule has 0 aliphatic rings. The minimum atomic E-state index is -1.73. The van der Waals surface area contributed by atoms with Crippen molar-refractivity contribution in [1.82, 2.24) is 5.32 Å². The molecule has 0 unspecified atom stereocenters. The molecule has 0 fully saturated rings. The van der Waals surface area contributed by atoms with Gasteiger partial charge in [0.2, 0.25) is 5.91 Å². The number of halogens is 1. The molecule has 0 saturated carbocycles. The topological polar surface area (TPSA) is 127 Å². The van der Waals surface area contributed by atoms with E-state index in [9.17, 15) is 19.8 Å². The molecular formula is C8H14BrNO6. The number of alkyl halides is 1. The summed E-state index contributed by atoms with van der Waals surface area (Å²) in [7, 11) is 0. The lowest BCUT2D eigenvalue weighted by molar-refractivity contribution is -0.129. The third-order valence-electron chi connectivity index (χ3n) is 1.89. The van der Waals surface area contributed by atoms with Crippen LogP contribution in [0.5, 0.6) is 0 Å². The molecule has 8 heteroatoms. The third kappa shape index (κ3) is 4.54. The van der Waals surface area contributed by atoms with Crippen molar-refractivity contribution in [3.63, 3.8) is 0 Å². The highest BCUT2D eigenvalue weighted by atomic mass is 79.9. The number of aldehydes is 1. The number of hydrogen-bond donors (Lipinski definition) is 5. The van der Waals surface area contributed by atoms with Crippen LogP contribution in [0.3, 0.4) is 0 Å². The minimum absolute atomic E-state index is 0.0668. The van der Waals surface area contributed by atoms with E-state index in [1.165, 1.54) is 0 Å². The first-order chi connectivity index (χ1) is 7.47. The highest BCUT2D eigenvalue weighted by Gasteiger charge is 2.31.